The lowest BCUT2D eigenvalue weighted by Crippen LogP contribution is -2.36. The van der Waals surface area contributed by atoms with E-state index < -0.39 is 16.4 Å². The highest BCUT2D eigenvalue weighted by molar-refractivity contribution is 5.65. The molecule has 1 atom stereocenters. The second kappa shape index (κ2) is 7.40. The van der Waals surface area contributed by atoms with Gasteiger partial charge < -0.3 is 9.47 Å². The summed E-state index contributed by atoms with van der Waals surface area (Å²) in [6, 6.07) is 12.1. The van der Waals surface area contributed by atoms with Crippen molar-refractivity contribution in [3.8, 4) is 0 Å². The molecule has 0 saturated carbocycles. The van der Waals surface area contributed by atoms with Gasteiger partial charge in [-0.2, -0.15) is 0 Å². The minimum Gasteiger partial charge on any atom is -0.463 e. The summed E-state index contributed by atoms with van der Waals surface area (Å²) in [4.78, 5) is 31.2. The van der Waals surface area contributed by atoms with Crippen molar-refractivity contribution >= 4 is 11.7 Å². The Labute approximate surface area is 149 Å². The Morgan fingerprint density at radius 2 is 1.96 bits per heavy atom. The van der Waals surface area contributed by atoms with Crippen LogP contribution in [0.2, 0.25) is 0 Å². The average molecular weight is 355 g/mol. The maximum atomic E-state index is 11.9. The predicted octanol–water partition coefficient (Wildman–Crippen LogP) is 0.575. The van der Waals surface area contributed by atoms with E-state index >= 15 is 0 Å². The van der Waals surface area contributed by atoms with Crippen LogP contribution in [0.3, 0.4) is 0 Å². The van der Waals surface area contributed by atoms with Crippen molar-refractivity contribution in [2.75, 3.05) is 19.8 Å². The molecule has 0 spiro atoms. The molecule has 3 rings (SSSR count). The monoisotopic (exact) mass is 355 g/mol. The van der Waals surface area contributed by atoms with Gasteiger partial charge in [-0.05, 0) is 24.3 Å². The van der Waals surface area contributed by atoms with E-state index in [0.29, 0.717) is 16.3 Å². The fourth-order valence-electron chi connectivity index (χ4n) is 2.93. The predicted molar refractivity (Wildman–Crippen MR) is 91.0 cm³/mol. The standard InChI is InChI=1S/C18H17N3O5/c1-13(22)26-11-10-25-12-18(16-8-4-5-9-19-16)17(21(23)24)14-6-2-3-7-15(14)20-18/h2-9H,10-12H2,1H3. The molecular formula is C18H17N3O5. The van der Waals surface area contributed by atoms with Gasteiger partial charge in [-0.3, -0.25) is 24.9 Å². The molecule has 0 fully saturated rings. The van der Waals surface area contributed by atoms with Gasteiger partial charge in [-0.15, -0.1) is 0 Å². The molecule has 26 heavy (non-hydrogen) atoms. The van der Waals surface area contributed by atoms with Crippen LogP contribution in [0.15, 0.2) is 53.7 Å². The topological polar surface area (TPSA) is 104 Å². The fraction of sp³-hybridized carbons (Fsp3) is 0.278. The lowest BCUT2D eigenvalue weighted by atomic mass is 9.92. The summed E-state index contributed by atoms with van der Waals surface area (Å²) >= 11 is 0. The molecule has 134 valence electrons. The van der Waals surface area contributed by atoms with E-state index in [1.807, 2.05) is 0 Å². The highest BCUT2D eigenvalue weighted by Crippen LogP contribution is 2.35. The zero-order valence-electron chi connectivity index (χ0n) is 14.1. The van der Waals surface area contributed by atoms with Crippen LogP contribution in [0.1, 0.15) is 12.6 Å². The van der Waals surface area contributed by atoms with Crippen molar-refractivity contribution in [2.24, 2.45) is 4.99 Å². The molecule has 1 aromatic carbocycles. The number of nitrogens with zero attached hydrogens (tertiary/aromatic N) is 3. The molecule has 1 aliphatic heterocycles. The lowest BCUT2D eigenvalue weighted by molar-refractivity contribution is -0.388. The van der Waals surface area contributed by atoms with Crippen molar-refractivity contribution in [1.82, 2.24) is 4.98 Å². The molecule has 0 aliphatic carbocycles. The number of ether oxygens (including phenoxy) is 2. The first-order valence-electron chi connectivity index (χ1n) is 8.01. The zero-order valence-corrected chi connectivity index (χ0v) is 14.1. The fourth-order valence-corrected chi connectivity index (χ4v) is 2.93. The minimum atomic E-state index is -1.36. The van der Waals surface area contributed by atoms with Gasteiger partial charge in [-0.25, -0.2) is 0 Å². The highest BCUT2D eigenvalue weighted by atomic mass is 16.6. The van der Waals surface area contributed by atoms with Crippen LogP contribution in [0.4, 0.5) is 0 Å². The van der Waals surface area contributed by atoms with Crippen LogP contribution in [-0.2, 0) is 19.8 Å². The normalized spacial score (nSPS) is 18.1. The third-order valence-electron chi connectivity index (χ3n) is 3.98. The van der Waals surface area contributed by atoms with Crippen LogP contribution in [0, 0.1) is 10.1 Å². The number of pyridine rings is 1. The minimum absolute atomic E-state index is 0.0639. The van der Waals surface area contributed by atoms with Gasteiger partial charge in [0, 0.05) is 13.1 Å². The first kappa shape index (κ1) is 17.7. The lowest BCUT2D eigenvalue weighted by Gasteiger charge is -2.24. The number of esters is 1. The van der Waals surface area contributed by atoms with Crippen molar-refractivity contribution in [1.29, 1.82) is 0 Å². The second-order valence-corrected chi connectivity index (χ2v) is 5.70. The van der Waals surface area contributed by atoms with Gasteiger partial charge in [0.05, 0.1) is 34.4 Å². The van der Waals surface area contributed by atoms with E-state index in [0.717, 1.165) is 0 Å². The van der Waals surface area contributed by atoms with E-state index in [2.05, 4.69) is 9.98 Å². The molecule has 0 radical (unpaired) electrons. The number of aromatic nitrogens is 1. The SMILES string of the molecule is CC(=O)OCCOCC1(c2ccccn2)N=c2ccccc2=C1[N+](=O)[O-]. The maximum absolute atomic E-state index is 11.9. The summed E-state index contributed by atoms with van der Waals surface area (Å²) in [5, 5.41) is 12.9. The smallest absolute Gasteiger partial charge is 0.302 e. The molecule has 1 aliphatic rings. The maximum Gasteiger partial charge on any atom is 0.302 e. The highest BCUT2D eigenvalue weighted by Gasteiger charge is 2.49. The quantitative estimate of drug-likeness (QED) is 0.311. The molecule has 2 heterocycles. The number of rotatable bonds is 7. The number of carbonyl (C=O) groups is 1. The Kier molecular flexibility index (Phi) is 5.04. The molecule has 1 aromatic heterocycles. The molecule has 0 amide bonds. The van der Waals surface area contributed by atoms with Gasteiger partial charge >= 0.3 is 5.97 Å². The summed E-state index contributed by atoms with van der Waals surface area (Å²) in [5.74, 6) is -0.413. The first-order chi connectivity index (χ1) is 12.5. The number of para-hydroxylation sites is 1. The van der Waals surface area contributed by atoms with E-state index in [1.165, 1.54) is 6.92 Å². The van der Waals surface area contributed by atoms with Crippen LogP contribution in [0.25, 0.3) is 5.70 Å². The van der Waals surface area contributed by atoms with Crippen molar-refractivity contribution in [2.45, 2.75) is 12.5 Å². The molecule has 0 saturated heterocycles. The molecule has 8 heteroatoms. The van der Waals surface area contributed by atoms with Gasteiger partial charge in [0.2, 0.25) is 5.54 Å². The van der Waals surface area contributed by atoms with E-state index in [4.69, 9.17) is 9.47 Å². The summed E-state index contributed by atoms with van der Waals surface area (Å²) in [6.07, 6.45) is 1.56. The Hall–Kier alpha value is -3.13. The van der Waals surface area contributed by atoms with E-state index in [1.54, 1.807) is 48.7 Å². The van der Waals surface area contributed by atoms with Crippen molar-refractivity contribution in [3.63, 3.8) is 0 Å². The van der Waals surface area contributed by atoms with Gasteiger partial charge in [0.25, 0.3) is 5.70 Å². The Bertz CT molecular complexity index is 945. The summed E-state index contributed by atoms with van der Waals surface area (Å²) < 4.78 is 10.4. The molecule has 0 bridgehead atoms. The van der Waals surface area contributed by atoms with Gasteiger partial charge in [0.1, 0.15) is 6.61 Å². The van der Waals surface area contributed by atoms with E-state index in [-0.39, 0.29) is 25.5 Å². The summed E-state index contributed by atoms with van der Waals surface area (Å²) in [7, 11) is 0. The number of hydrogen-bond donors (Lipinski definition) is 0. The Balaban J connectivity index is 2.02. The number of hydrogen-bond acceptors (Lipinski definition) is 7. The molecular weight excluding hydrogens is 338 g/mol. The Morgan fingerprint density at radius 3 is 2.65 bits per heavy atom. The summed E-state index contributed by atoms with van der Waals surface area (Å²) in [5.41, 5.74) is -1.00. The van der Waals surface area contributed by atoms with Gasteiger partial charge in [0.15, 0.2) is 0 Å². The summed E-state index contributed by atoms with van der Waals surface area (Å²) in [6.45, 7) is 1.38. The average Bonchev–Trinajstić information content (AvgIpc) is 2.97. The number of fused-ring (bicyclic) bond motifs is 1. The third kappa shape index (κ3) is 3.31. The van der Waals surface area contributed by atoms with E-state index in [9.17, 15) is 14.9 Å². The number of benzene rings is 1. The molecule has 2 aromatic rings. The Morgan fingerprint density at radius 1 is 1.19 bits per heavy atom. The number of carbonyl (C=O) groups excluding carboxylic acids is 1. The number of nitro groups is 1. The second-order valence-electron chi connectivity index (χ2n) is 5.70. The van der Waals surface area contributed by atoms with Crippen LogP contribution in [0.5, 0.6) is 0 Å². The van der Waals surface area contributed by atoms with Gasteiger partial charge in [-0.1, -0.05) is 18.2 Å². The molecule has 0 N–H and O–H groups in total. The van der Waals surface area contributed by atoms with Crippen molar-refractivity contribution < 1.29 is 19.2 Å². The van der Waals surface area contributed by atoms with Crippen molar-refractivity contribution in [3.05, 3.63) is 75.0 Å². The molecule has 1 unspecified atom stereocenters. The third-order valence-corrected chi connectivity index (χ3v) is 3.98. The van der Waals surface area contributed by atoms with Crippen LogP contribution in [-0.4, -0.2) is 35.7 Å². The largest absolute Gasteiger partial charge is 0.463 e. The van der Waals surface area contributed by atoms with Crippen LogP contribution >= 0.6 is 0 Å². The molecule has 8 nitrogen and oxygen atoms in total. The zero-order chi connectivity index (χ0) is 18.6. The van der Waals surface area contributed by atoms with Crippen LogP contribution < -0.4 is 10.6 Å². The first-order valence-corrected chi connectivity index (χ1v) is 8.01.